The first-order valence-electron chi connectivity index (χ1n) is 7.99. The summed E-state index contributed by atoms with van der Waals surface area (Å²) in [5.74, 6) is 0.865. The van der Waals surface area contributed by atoms with Crippen LogP contribution in [0, 0.1) is 0 Å². The van der Waals surface area contributed by atoms with Crippen LogP contribution in [0.3, 0.4) is 0 Å². The summed E-state index contributed by atoms with van der Waals surface area (Å²) in [4.78, 5) is 32.4. The molecule has 0 bridgehead atoms. The van der Waals surface area contributed by atoms with Gasteiger partial charge >= 0.3 is 6.03 Å². The fourth-order valence-electron chi connectivity index (χ4n) is 2.93. The van der Waals surface area contributed by atoms with Crippen LogP contribution < -0.4 is 15.1 Å². The van der Waals surface area contributed by atoms with Crippen LogP contribution >= 0.6 is 0 Å². The van der Waals surface area contributed by atoms with Gasteiger partial charge in [-0.2, -0.15) is 9.98 Å². The molecule has 3 amide bonds. The van der Waals surface area contributed by atoms with Gasteiger partial charge in [-0.15, -0.1) is 0 Å². The molecule has 0 saturated carbocycles. The number of amidine groups is 1. The molecule has 2 aliphatic rings. The summed E-state index contributed by atoms with van der Waals surface area (Å²) in [6.07, 6.45) is 2.57. The number of ether oxygens (including phenoxy) is 2. The van der Waals surface area contributed by atoms with Crippen LogP contribution in [-0.2, 0) is 25.3 Å². The summed E-state index contributed by atoms with van der Waals surface area (Å²) < 4.78 is 14.4. The normalized spacial score (nSPS) is 16.7. The summed E-state index contributed by atoms with van der Waals surface area (Å²) in [6.45, 7) is 0.240. The molecule has 2 aromatic rings. The number of carbonyl (C=O) groups is 2. The number of aliphatic imine (C=N–C) groups is 1. The van der Waals surface area contributed by atoms with Crippen LogP contribution in [0.2, 0.25) is 0 Å². The molecule has 3 heterocycles. The van der Waals surface area contributed by atoms with E-state index >= 15 is 0 Å². The number of fused-ring (bicyclic) bond motifs is 1. The van der Waals surface area contributed by atoms with E-state index in [1.165, 1.54) is 7.05 Å². The molecule has 0 spiro atoms. The highest BCUT2D eigenvalue weighted by Gasteiger charge is 2.30. The van der Waals surface area contributed by atoms with Crippen molar-refractivity contribution in [2.24, 2.45) is 24.1 Å². The Bertz CT molecular complexity index is 1030. The van der Waals surface area contributed by atoms with Crippen LogP contribution in [0.25, 0.3) is 0 Å². The first kappa shape index (κ1) is 16.1. The van der Waals surface area contributed by atoms with Gasteiger partial charge in [0.25, 0.3) is 5.91 Å². The van der Waals surface area contributed by atoms with Crippen molar-refractivity contribution in [3.63, 3.8) is 0 Å². The third-order valence-electron chi connectivity index (χ3n) is 4.40. The fourth-order valence-corrected chi connectivity index (χ4v) is 2.93. The predicted molar refractivity (Wildman–Crippen MR) is 90.9 cm³/mol. The third kappa shape index (κ3) is 2.57. The molecular formula is C17H17N5O4. The molecular weight excluding hydrogens is 338 g/mol. The number of hydrogen-bond acceptors (Lipinski definition) is 5. The van der Waals surface area contributed by atoms with Crippen molar-refractivity contribution in [1.29, 1.82) is 0 Å². The van der Waals surface area contributed by atoms with Crippen LogP contribution in [0.5, 0.6) is 11.5 Å². The minimum Gasteiger partial charge on any atom is -0.454 e. The van der Waals surface area contributed by atoms with E-state index in [1.54, 1.807) is 4.57 Å². The second kappa shape index (κ2) is 5.87. The SMILES string of the molecule is CN1C(=O)N=C(N=c2n(C)cc(Cc3ccc4c(c3)OCO4)n2C)C1=O. The zero-order chi connectivity index (χ0) is 18.4. The second-order valence-electron chi connectivity index (χ2n) is 6.15. The largest absolute Gasteiger partial charge is 0.454 e. The smallest absolute Gasteiger partial charge is 0.352 e. The Hall–Kier alpha value is -3.36. The number of amides is 3. The highest BCUT2D eigenvalue weighted by Crippen LogP contribution is 2.32. The van der Waals surface area contributed by atoms with Crippen molar-refractivity contribution in [2.75, 3.05) is 13.8 Å². The van der Waals surface area contributed by atoms with E-state index in [-0.39, 0.29) is 12.6 Å². The van der Waals surface area contributed by atoms with Gasteiger partial charge in [-0.1, -0.05) is 6.07 Å². The first-order valence-corrected chi connectivity index (χ1v) is 7.99. The molecule has 1 aromatic carbocycles. The number of hydrogen-bond donors (Lipinski definition) is 0. The number of carbonyl (C=O) groups excluding carboxylic acids is 2. The average Bonchev–Trinajstić information content (AvgIpc) is 3.25. The molecule has 4 rings (SSSR count). The predicted octanol–water partition coefficient (Wildman–Crippen LogP) is 0.574. The van der Waals surface area contributed by atoms with Crippen molar-refractivity contribution in [3.05, 3.63) is 41.3 Å². The summed E-state index contributed by atoms with van der Waals surface area (Å²) >= 11 is 0. The number of rotatable bonds is 2. The number of aryl methyl sites for hydroxylation is 1. The van der Waals surface area contributed by atoms with Gasteiger partial charge < -0.3 is 18.6 Å². The van der Waals surface area contributed by atoms with Crippen molar-refractivity contribution < 1.29 is 19.1 Å². The maximum atomic E-state index is 12.0. The maximum absolute atomic E-state index is 12.0. The lowest BCUT2D eigenvalue weighted by atomic mass is 10.1. The third-order valence-corrected chi connectivity index (χ3v) is 4.40. The summed E-state index contributed by atoms with van der Waals surface area (Å²) in [5, 5.41) is 0. The van der Waals surface area contributed by atoms with Crippen LogP contribution in [-0.4, -0.2) is 45.6 Å². The lowest BCUT2D eigenvalue weighted by Crippen LogP contribution is -2.31. The lowest BCUT2D eigenvalue weighted by Gasteiger charge is -2.04. The van der Waals surface area contributed by atoms with Crippen molar-refractivity contribution in [2.45, 2.75) is 6.42 Å². The van der Waals surface area contributed by atoms with E-state index in [0.717, 1.165) is 27.7 Å². The van der Waals surface area contributed by atoms with Gasteiger partial charge in [-0.25, -0.2) is 4.79 Å². The van der Waals surface area contributed by atoms with E-state index in [9.17, 15) is 9.59 Å². The standard InChI is InChI=1S/C17H17N5O4/c1-20-8-11(6-10-4-5-12-13(7-10)26-9-25-12)21(2)16(20)18-14-15(23)22(3)17(24)19-14/h4-5,7-8H,6,9H2,1-3H3. The second-order valence-corrected chi connectivity index (χ2v) is 6.15. The van der Waals surface area contributed by atoms with Crippen LogP contribution in [0.15, 0.2) is 34.4 Å². The Kier molecular flexibility index (Phi) is 3.64. The minimum absolute atomic E-state index is 0.107. The summed E-state index contributed by atoms with van der Waals surface area (Å²) in [7, 11) is 5.06. The number of likely N-dealkylation sites (N-methyl/N-ethyl adjacent to an activating group) is 1. The Morgan fingerprint density at radius 3 is 2.65 bits per heavy atom. The lowest BCUT2D eigenvalue weighted by molar-refractivity contribution is -0.119. The Balaban J connectivity index is 1.67. The molecule has 9 nitrogen and oxygen atoms in total. The molecule has 0 atom stereocenters. The molecule has 26 heavy (non-hydrogen) atoms. The molecule has 0 unspecified atom stereocenters. The molecule has 0 aliphatic carbocycles. The monoisotopic (exact) mass is 355 g/mol. The van der Waals surface area contributed by atoms with Gasteiger partial charge in [0.1, 0.15) is 0 Å². The molecule has 1 aromatic heterocycles. The summed E-state index contributed by atoms with van der Waals surface area (Å²) in [6, 6.07) is 5.21. The van der Waals surface area contributed by atoms with E-state index < -0.39 is 11.9 Å². The number of benzene rings is 1. The molecule has 2 aliphatic heterocycles. The highest BCUT2D eigenvalue weighted by atomic mass is 16.7. The zero-order valence-corrected chi connectivity index (χ0v) is 14.6. The van der Waals surface area contributed by atoms with E-state index in [0.29, 0.717) is 12.0 Å². The molecule has 0 N–H and O–H groups in total. The highest BCUT2D eigenvalue weighted by molar-refractivity contribution is 6.45. The maximum Gasteiger partial charge on any atom is 0.352 e. The minimum atomic E-state index is -0.605. The Labute approximate surface area is 148 Å². The van der Waals surface area contributed by atoms with Gasteiger partial charge in [0.2, 0.25) is 18.2 Å². The van der Waals surface area contributed by atoms with Crippen LogP contribution in [0.4, 0.5) is 4.79 Å². The Morgan fingerprint density at radius 2 is 1.92 bits per heavy atom. The quantitative estimate of drug-likeness (QED) is 0.788. The number of imidazole rings is 1. The Morgan fingerprint density at radius 1 is 1.15 bits per heavy atom. The number of imide groups is 1. The van der Waals surface area contributed by atoms with Gasteiger partial charge in [0, 0.05) is 39.5 Å². The van der Waals surface area contributed by atoms with E-state index in [4.69, 9.17) is 9.47 Å². The average molecular weight is 355 g/mol. The van der Waals surface area contributed by atoms with Crippen LogP contribution in [0.1, 0.15) is 11.3 Å². The molecule has 0 radical (unpaired) electrons. The van der Waals surface area contributed by atoms with Gasteiger partial charge in [-0.3, -0.25) is 9.69 Å². The van der Waals surface area contributed by atoms with Gasteiger partial charge in [0.05, 0.1) is 0 Å². The topological polar surface area (TPSA) is 90.4 Å². The van der Waals surface area contributed by atoms with Gasteiger partial charge in [-0.05, 0) is 17.7 Å². The summed E-state index contributed by atoms with van der Waals surface area (Å²) in [5.41, 5.74) is 2.57. The first-order chi connectivity index (χ1) is 12.4. The van der Waals surface area contributed by atoms with Gasteiger partial charge in [0.15, 0.2) is 11.5 Å². The van der Waals surface area contributed by atoms with Crippen molar-refractivity contribution in [1.82, 2.24) is 14.0 Å². The molecule has 9 heteroatoms. The van der Waals surface area contributed by atoms with E-state index in [1.807, 2.05) is 43.1 Å². The van der Waals surface area contributed by atoms with E-state index in [2.05, 4.69) is 9.98 Å². The van der Waals surface area contributed by atoms with Crippen molar-refractivity contribution >= 4 is 17.8 Å². The van der Waals surface area contributed by atoms with Crippen molar-refractivity contribution in [3.8, 4) is 11.5 Å². The number of aromatic nitrogens is 2. The zero-order valence-electron chi connectivity index (χ0n) is 14.6. The molecule has 0 saturated heterocycles. The molecule has 134 valence electrons. The molecule has 0 fully saturated rings. The number of nitrogens with zero attached hydrogens (tertiary/aromatic N) is 5. The number of urea groups is 1. The fraction of sp³-hybridized carbons (Fsp3) is 0.294.